The van der Waals surface area contributed by atoms with Crippen LogP contribution in [0.3, 0.4) is 0 Å². The first kappa shape index (κ1) is 12.2. The molecule has 1 heterocycles. The number of carboxylic acid groups (broad SMARTS) is 1. The third-order valence-electron chi connectivity index (χ3n) is 2.48. The van der Waals surface area contributed by atoms with Crippen molar-refractivity contribution in [1.29, 1.82) is 0 Å². The van der Waals surface area contributed by atoms with Crippen molar-refractivity contribution in [2.24, 2.45) is 0 Å². The van der Waals surface area contributed by atoms with Crippen molar-refractivity contribution in [2.75, 3.05) is 0 Å². The van der Waals surface area contributed by atoms with Crippen molar-refractivity contribution in [1.82, 2.24) is 9.78 Å². The number of carboxylic acids is 1. The van der Waals surface area contributed by atoms with Gasteiger partial charge >= 0.3 is 5.97 Å². The fourth-order valence-corrected chi connectivity index (χ4v) is 1.54. The van der Waals surface area contributed by atoms with E-state index in [1.807, 2.05) is 0 Å². The van der Waals surface area contributed by atoms with E-state index in [9.17, 15) is 18.0 Å². The van der Waals surface area contributed by atoms with E-state index in [2.05, 4.69) is 5.10 Å². The van der Waals surface area contributed by atoms with Gasteiger partial charge in [-0.3, -0.25) is 0 Å². The van der Waals surface area contributed by atoms with Gasteiger partial charge in [0.1, 0.15) is 11.3 Å². The Labute approximate surface area is 99.3 Å². The molecule has 18 heavy (non-hydrogen) atoms. The van der Waals surface area contributed by atoms with E-state index >= 15 is 0 Å². The van der Waals surface area contributed by atoms with Crippen LogP contribution in [0.2, 0.25) is 0 Å². The van der Waals surface area contributed by atoms with Crippen molar-refractivity contribution >= 4 is 5.97 Å². The van der Waals surface area contributed by atoms with Gasteiger partial charge in [-0.2, -0.15) is 5.10 Å². The highest BCUT2D eigenvalue weighted by molar-refractivity contribution is 5.88. The third kappa shape index (κ3) is 1.73. The van der Waals surface area contributed by atoms with Crippen molar-refractivity contribution in [3.63, 3.8) is 0 Å². The first-order valence-corrected chi connectivity index (χ1v) is 4.85. The third-order valence-corrected chi connectivity index (χ3v) is 2.48. The highest BCUT2D eigenvalue weighted by Crippen LogP contribution is 2.21. The molecule has 0 bridgehead atoms. The predicted octanol–water partition coefficient (Wildman–Crippen LogP) is 2.30. The normalized spacial score (nSPS) is 10.7. The van der Waals surface area contributed by atoms with Gasteiger partial charge in [0, 0.05) is 0 Å². The fraction of sp³-hybridized carbons (Fsp3) is 0.0909. The highest BCUT2D eigenvalue weighted by atomic mass is 19.2. The van der Waals surface area contributed by atoms with E-state index in [0.717, 1.165) is 23.0 Å². The van der Waals surface area contributed by atoms with E-state index in [1.165, 1.54) is 6.92 Å². The van der Waals surface area contributed by atoms with Crippen molar-refractivity contribution < 1.29 is 23.1 Å². The molecule has 0 saturated heterocycles. The highest BCUT2D eigenvalue weighted by Gasteiger charge is 2.19. The lowest BCUT2D eigenvalue weighted by Gasteiger charge is -2.07. The molecule has 0 fully saturated rings. The van der Waals surface area contributed by atoms with Crippen LogP contribution >= 0.6 is 0 Å². The zero-order chi connectivity index (χ0) is 13.4. The second-order valence-corrected chi connectivity index (χ2v) is 3.56. The average molecular weight is 256 g/mol. The van der Waals surface area contributed by atoms with Crippen LogP contribution in [-0.4, -0.2) is 20.9 Å². The van der Waals surface area contributed by atoms with Crippen LogP contribution in [0.4, 0.5) is 13.2 Å². The number of aromatic nitrogens is 2. The number of hydrogen-bond donors (Lipinski definition) is 1. The van der Waals surface area contributed by atoms with Gasteiger partial charge in [0.05, 0.1) is 11.9 Å². The van der Waals surface area contributed by atoms with E-state index in [4.69, 9.17) is 5.11 Å². The lowest BCUT2D eigenvalue weighted by molar-refractivity contribution is 0.0696. The lowest BCUT2D eigenvalue weighted by atomic mass is 10.2. The standard InChI is InChI=1S/C11H7F3N2O2/c1-5-6(11(17)18)4-15-16(5)8-3-2-7(12)9(13)10(8)14/h2-4H,1H3,(H,17,18). The van der Waals surface area contributed by atoms with Gasteiger partial charge in [0.25, 0.3) is 0 Å². The number of aromatic carboxylic acids is 1. The Hall–Kier alpha value is -2.31. The summed E-state index contributed by atoms with van der Waals surface area (Å²) in [5.74, 6) is -5.60. The Kier molecular flexibility index (Phi) is 2.82. The molecule has 0 spiro atoms. The van der Waals surface area contributed by atoms with Crippen molar-refractivity contribution in [3.8, 4) is 5.69 Å². The van der Waals surface area contributed by atoms with Gasteiger partial charge in [-0.15, -0.1) is 0 Å². The van der Waals surface area contributed by atoms with E-state index in [1.54, 1.807) is 0 Å². The fourth-order valence-electron chi connectivity index (χ4n) is 1.54. The van der Waals surface area contributed by atoms with E-state index < -0.39 is 23.4 Å². The topological polar surface area (TPSA) is 55.1 Å². The Morgan fingerprint density at radius 3 is 2.50 bits per heavy atom. The molecule has 2 rings (SSSR count). The van der Waals surface area contributed by atoms with Gasteiger partial charge in [0.2, 0.25) is 0 Å². The van der Waals surface area contributed by atoms with Gasteiger partial charge in [-0.05, 0) is 19.1 Å². The molecule has 2 aromatic rings. The molecule has 0 aliphatic heterocycles. The van der Waals surface area contributed by atoms with Crippen LogP contribution < -0.4 is 0 Å². The molecular weight excluding hydrogens is 249 g/mol. The quantitative estimate of drug-likeness (QED) is 0.839. The number of halogens is 3. The second-order valence-electron chi connectivity index (χ2n) is 3.56. The molecule has 1 aromatic carbocycles. The van der Waals surface area contributed by atoms with Gasteiger partial charge in [-0.25, -0.2) is 22.6 Å². The van der Waals surface area contributed by atoms with Crippen LogP contribution in [0.1, 0.15) is 16.1 Å². The van der Waals surface area contributed by atoms with Crippen LogP contribution in [0.15, 0.2) is 18.3 Å². The van der Waals surface area contributed by atoms with Crippen LogP contribution in [0.25, 0.3) is 5.69 Å². The monoisotopic (exact) mass is 256 g/mol. The molecule has 0 radical (unpaired) electrons. The predicted molar refractivity (Wildman–Crippen MR) is 55.1 cm³/mol. The summed E-state index contributed by atoms with van der Waals surface area (Å²) in [5, 5.41) is 12.5. The Bertz CT molecular complexity index is 637. The van der Waals surface area contributed by atoms with Crippen LogP contribution in [0.5, 0.6) is 0 Å². The van der Waals surface area contributed by atoms with E-state index in [-0.39, 0.29) is 16.9 Å². The Morgan fingerprint density at radius 2 is 1.94 bits per heavy atom. The summed E-state index contributed by atoms with van der Waals surface area (Å²) in [5.41, 5.74) is -0.370. The number of hydrogen-bond acceptors (Lipinski definition) is 2. The summed E-state index contributed by atoms with van der Waals surface area (Å²) in [4.78, 5) is 10.8. The maximum atomic E-state index is 13.5. The molecule has 0 unspecified atom stereocenters. The summed E-state index contributed by atoms with van der Waals surface area (Å²) >= 11 is 0. The summed E-state index contributed by atoms with van der Waals surface area (Å²) in [7, 11) is 0. The molecule has 4 nitrogen and oxygen atoms in total. The molecule has 0 amide bonds. The molecule has 7 heteroatoms. The SMILES string of the molecule is Cc1c(C(=O)O)cnn1-c1ccc(F)c(F)c1F. The molecule has 94 valence electrons. The minimum absolute atomic E-state index is 0.118. The summed E-state index contributed by atoms with van der Waals surface area (Å²) in [6, 6.07) is 1.73. The first-order valence-electron chi connectivity index (χ1n) is 4.85. The zero-order valence-electron chi connectivity index (χ0n) is 9.12. The molecule has 0 atom stereocenters. The van der Waals surface area contributed by atoms with Gasteiger partial charge in [0.15, 0.2) is 17.5 Å². The number of nitrogens with zero attached hydrogens (tertiary/aromatic N) is 2. The molecule has 1 aromatic heterocycles. The Morgan fingerprint density at radius 1 is 1.28 bits per heavy atom. The van der Waals surface area contributed by atoms with E-state index in [0.29, 0.717) is 0 Å². The maximum absolute atomic E-state index is 13.5. The number of rotatable bonds is 2. The largest absolute Gasteiger partial charge is 0.478 e. The molecular formula is C11H7F3N2O2. The summed E-state index contributed by atoms with van der Waals surface area (Å²) < 4.78 is 40.3. The van der Waals surface area contributed by atoms with Gasteiger partial charge in [-0.1, -0.05) is 0 Å². The number of carbonyl (C=O) groups is 1. The van der Waals surface area contributed by atoms with Gasteiger partial charge < -0.3 is 5.11 Å². The van der Waals surface area contributed by atoms with Crippen LogP contribution in [0, 0.1) is 24.4 Å². The summed E-state index contributed by atoms with van der Waals surface area (Å²) in [6.45, 7) is 1.39. The number of benzene rings is 1. The lowest BCUT2D eigenvalue weighted by Crippen LogP contribution is -2.06. The van der Waals surface area contributed by atoms with Crippen molar-refractivity contribution in [3.05, 3.63) is 47.0 Å². The Balaban J connectivity index is 2.63. The summed E-state index contributed by atoms with van der Waals surface area (Å²) in [6.07, 6.45) is 1.01. The smallest absolute Gasteiger partial charge is 0.339 e. The molecule has 0 aliphatic rings. The molecule has 0 saturated carbocycles. The van der Waals surface area contributed by atoms with Crippen LogP contribution in [-0.2, 0) is 0 Å². The first-order chi connectivity index (χ1) is 8.43. The average Bonchev–Trinajstić information content (AvgIpc) is 2.69. The zero-order valence-corrected chi connectivity index (χ0v) is 9.12. The second kappa shape index (κ2) is 4.17. The minimum atomic E-state index is -1.63. The molecule has 1 N–H and O–H groups in total. The minimum Gasteiger partial charge on any atom is -0.478 e. The molecule has 0 aliphatic carbocycles. The maximum Gasteiger partial charge on any atom is 0.339 e. The van der Waals surface area contributed by atoms with Crippen molar-refractivity contribution in [2.45, 2.75) is 6.92 Å².